The monoisotopic (exact) mass is 299 g/mol. The lowest BCUT2D eigenvalue weighted by atomic mass is 10.2. The molecule has 4 nitrogen and oxygen atoms in total. The maximum atomic E-state index is 12.0. The van der Waals surface area contributed by atoms with Crippen LogP contribution in [-0.4, -0.2) is 39.6 Å². The van der Waals surface area contributed by atoms with Gasteiger partial charge >= 0.3 is 0 Å². The molecule has 1 aromatic heterocycles. The van der Waals surface area contributed by atoms with E-state index in [1.165, 1.54) is 11.8 Å². The molecule has 0 saturated carbocycles. The van der Waals surface area contributed by atoms with Crippen LogP contribution in [0, 0.1) is 0 Å². The number of carbonyl (C=O) groups is 1. The SMILES string of the molecule is CC(C)c1nc(Cl)cc(SCC(=O)N2CCCC2)n1. The quantitative estimate of drug-likeness (QED) is 0.633. The molecular weight excluding hydrogens is 282 g/mol. The lowest BCUT2D eigenvalue weighted by Crippen LogP contribution is -2.29. The Kier molecular flexibility index (Phi) is 5.05. The van der Waals surface area contributed by atoms with Gasteiger partial charge < -0.3 is 4.90 Å². The van der Waals surface area contributed by atoms with Crippen LogP contribution in [0.4, 0.5) is 0 Å². The van der Waals surface area contributed by atoms with Crippen LogP contribution in [0.5, 0.6) is 0 Å². The summed E-state index contributed by atoms with van der Waals surface area (Å²) in [5.74, 6) is 1.56. The van der Waals surface area contributed by atoms with E-state index in [1.807, 2.05) is 18.7 Å². The molecule has 0 radical (unpaired) electrons. The first-order chi connectivity index (χ1) is 9.06. The van der Waals surface area contributed by atoms with Crippen molar-refractivity contribution in [1.82, 2.24) is 14.9 Å². The van der Waals surface area contributed by atoms with E-state index < -0.39 is 0 Å². The van der Waals surface area contributed by atoms with Gasteiger partial charge in [0.05, 0.1) is 5.75 Å². The van der Waals surface area contributed by atoms with Gasteiger partial charge in [0.25, 0.3) is 0 Å². The molecule has 1 amide bonds. The standard InChI is InChI=1S/C13H18ClN3OS/c1-9(2)13-15-10(14)7-11(16-13)19-8-12(18)17-5-3-4-6-17/h7,9H,3-6,8H2,1-2H3. The second-order valence-corrected chi connectivity index (χ2v) is 6.30. The van der Waals surface area contributed by atoms with E-state index in [4.69, 9.17) is 11.6 Å². The highest BCUT2D eigenvalue weighted by molar-refractivity contribution is 7.99. The van der Waals surface area contributed by atoms with Gasteiger partial charge in [-0.1, -0.05) is 37.2 Å². The zero-order chi connectivity index (χ0) is 13.8. The van der Waals surface area contributed by atoms with Crippen LogP contribution in [0.15, 0.2) is 11.1 Å². The number of rotatable bonds is 4. The number of carbonyl (C=O) groups excluding carboxylic acids is 1. The van der Waals surface area contributed by atoms with Gasteiger partial charge in [0.1, 0.15) is 16.0 Å². The zero-order valence-corrected chi connectivity index (χ0v) is 12.8. The van der Waals surface area contributed by atoms with Gasteiger partial charge in [-0.2, -0.15) is 0 Å². The third-order valence-electron chi connectivity index (χ3n) is 3.01. The summed E-state index contributed by atoms with van der Waals surface area (Å²) < 4.78 is 0. The summed E-state index contributed by atoms with van der Waals surface area (Å²) in [5.41, 5.74) is 0. The van der Waals surface area contributed by atoms with E-state index in [0.29, 0.717) is 10.9 Å². The fourth-order valence-corrected chi connectivity index (χ4v) is 3.00. The normalized spacial score (nSPS) is 15.3. The van der Waals surface area contributed by atoms with Crippen molar-refractivity contribution in [3.8, 4) is 0 Å². The van der Waals surface area contributed by atoms with E-state index in [-0.39, 0.29) is 11.8 Å². The maximum Gasteiger partial charge on any atom is 0.232 e. The average molecular weight is 300 g/mol. The Morgan fingerprint density at radius 3 is 2.74 bits per heavy atom. The molecular formula is C13H18ClN3OS. The molecule has 1 fully saturated rings. The molecule has 2 rings (SSSR count). The van der Waals surface area contributed by atoms with E-state index in [1.54, 1.807) is 6.07 Å². The number of hydrogen-bond donors (Lipinski definition) is 0. The van der Waals surface area contributed by atoms with Crippen LogP contribution in [0.1, 0.15) is 38.4 Å². The van der Waals surface area contributed by atoms with Gasteiger partial charge in [0.15, 0.2) is 0 Å². The number of hydrogen-bond acceptors (Lipinski definition) is 4. The van der Waals surface area contributed by atoms with Crippen molar-refractivity contribution in [2.75, 3.05) is 18.8 Å². The van der Waals surface area contributed by atoms with Crippen molar-refractivity contribution in [1.29, 1.82) is 0 Å². The Morgan fingerprint density at radius 2 is 2.11 bits per heavy atom. The highest BCUT2D eigenvalue weighted by Gasteiger charge is 2.18. The van der Waals surface area contributed by atoms with Gasteiger partial charge in [-0.05, 0) is 12.8 Å². The van der Waals surface area contributed by atoms with Crippen LogP contribution in [0.25, 0.3) is 0 Å². The van der Waals surface area contributed by atoms with Gasteiger partial charge in [0.2, 0.25) is 5.91 Å². The Bertz CT molecular complexity index is 461. The number of halogens is 1. The summed E-state index contributed by atoms with van der Waals surface area (Å²) in [6, 6.07) is 1.72. The maximum absolute atomic E-state index is 12.0. The van der Waals surface area contributed by atoms with E-state index in [9.17, 15) is 4.79 Å². The minimum Gasteiger partial charge on any atom is -0.342 e. The lowest BCUT2D eigenvalue weighted by molar-refractivity contribution is -0.127. The van der Waals surface area contributed by atoms with Crippen molar-refractivity contribution < 1.29 is 4.79 Å². The summed E-state index contributed by atoms with van der Waals surface area (Å²) in [6.45, 7) is 5.83. The van der Waals surface area contributed by atoms with E-state index in [0.717, 1.165) is 36.8 Å². The molecule has 0 N–H and O–H groups in total. The zero-order valence-electron chi connectivity index (χ0n) is 11.2. The van der Waals surface area contributed by atoms with E-state index in [2.05, 4.69) is 9.97 Å². The van der Waals surface area contributed by atoms with Crippen LogP contribution in [-0.2, 0) is 4.79 Å². The van der Waals surface area contributed by atoms with Gasteiger partial charge in [-0.3, -0.25) is 4.79 Å². The first kappa shape index (κ1) is 14.6. The molecule has 1 aromatic rings. The van der Waals surface area contributed by atoms with Crippen LogP contribution < -0.4 is 0 Å². The minimum atomic E-state index is 0.184. The molecule has 0 aromatic carbocycles. The number of likely N-dealkylation sites (tertiary alicyclic amines) is 1. The van der Waals surface area contributed by atoms with Crippen molar-refractivity contribution >= 4 is 29.3 Å². The first-order valence-electron chi connectivity index (χ1n) is 6.51. The predicted octanol–water partition coefficient (Wildman–Crippen LogP) is 2.97. The first-order valence-corrected chi connectivity index (χ1v) is 7.87. The highest BCUT2D eigenvalue weighted by Crippen LogP contribution is 2.22. The summed E-state index contributed by atoms with van der Waals surface area (Å²) in [4.78, 5) is 22.5. The highest BCUT2D eigenvalue weighted by atomic mass is 35.5. The van der Waals surface area contributed by atoms with Crippen molar-refractivity contribution in [3.05, 3.63) is 17.0 Å². The summed E-state index contributed by atoms with van der Waals surface area (Å²) in [7, 11) is 0. The Hall–Kier alpha value is -0.810. The number of nitrogens with zero attached hydrogens (tertiary/aromatic N) is 3. The van der Waals surface area contributed by atoms with Gasteiger partial charge in [-0.25, -0.2) is 9.97 Å². The Morgan fingerprint density at radius 1 is 1.42 bits per heavy atom. The molecule has 0 unspecified atom stereocenters. The molecule has 0 aliphatic carbocycles. The molecule has 1 aliphatic rings. The fourth-order valence-electron chi connectivity index (χ4n) is 1.94. The summed E-state index contributed by atoms with van der Waals surface area (Å²) in [6.07, 6.45) is 2.24. The number of aromatic nitrogens is 2. The smallest absolute Gasteiger partial charge is 0.232 e. The number of amides is 1. The second kappa shape index (κ2) is 6.57. The van der Waals surface area contributed by atoms with Crippen molar-refractivity contribution in [2.45, 2.75) is 37.6 Å². The molecule has 6 heteroatoms. The lowest BCUT2D eigenvalue weighted by Gasteiger charge is -2.14. The molecule has 0 bridgehead atoms. The van der Waals surface area contributed by atoms with Crippen LogP contribution >= 0.6 is 23.4 Å². The fraction of sp³-hybridized carbons (Fsp3) is 0.615. The second-order valence-electron chi connectivity index (χ2n) is 4.92. The molecule has 1 aliphatic heterocycles. The molecule has 104 valence electrons. The molecule has 2 heterocycles. The largest absolute Gasteiger partial charge is 0.342 e. The molecule has 0 spiro atoms. The summed E-state index contributed by atoms with van der Waals surface area (Å²) >= 11 is 7.41. The van der Waals surface area contributed by atoms with E-state index >= 15 is 0 Å². The third-order valence-corrected chi connectivity index (χ3v) is 4.10. The molecule has 1 saturated heterocycles. The van der Waals surface area contributed by atoms with Gasteiger partial charge in [-0.15, -0.1) is 0 Å². The van der Waals surface area contributed by atoms with Crippen molar-refractivity contribution in [2.24, 2.45) is 0 Å². The third kappa shape index (κ3) is 4.08. The van der Waals surface area contributed by atoms with Crippen LogP contribution in [0.3, 0.4) is 0 Å². The molecule has 0 atom stereocenters. The van der Waals surface area contributed by atoms with Crippen LogP contribution in [0.2, 0.25) is 5.15 Å². The predicted molar refractivity (Wildman–Crippen MR) is 77.7 cm³/mol. The van der Waals surface area contributed by atoms with Crippen molar-refractivity contribution in [3.63, 3.8) is 0 Å². The van der Waals surface area contributed by atoms with Gasteiger partial charge in [0, 0.05) is 25.1 Å². The Balaban J connectivity index is 1.97. The minimum absolute atomic E-state index is 0.184. The topological polar surface area (TPSA) is 46.1 Å². The Labute approximate surface area is 122 Å². The molecule has 19 heavy (non-hydrogen) atoms. The number of thioether (sulfide) groups is 1. The summed E-state index contributed by atoms with van der Waals surface area (Å²) in [5, 5.41) is 1.21. The average Bonchev–Trinajstić information content (AvgIpc) is 2.89.